The smallest absolute Gasteiger partial charge is 0.122 e. The molecule has 0 amide bonds. The lowest BCUT2D eigenvalue weighted by molar-refractivity contribution is 0.123. The van der Waals surface area contributed by atoms with Crippen molar-refractivity contribution in [1.29, 1.82) is 0 Å². The zero-order chi connectivity index (χ0) is 17.5. The summed E-state index contributed by atoms with van der Waals surface area (Å²) in [6.07, 6.45) is 0.743. The van der Waals surface area contributed by atoms with Crippen LogP contribution in [0.2, 0.25) is 0 Å². The average molecular weight is 337 g/mol. The van der Waals surface area contributed by atoms with Gasteiger partial charge in [0.25, 0.3) is 0 Å². The van der Waals surface area contributed by atoms with Gasteiger partial charge in [0.1, 0.15) is 11.6 Å². The lowest BCUT2D eigenvalue weighted by atomic mass is 10.2. The number of hydrogen-bond donors (Lipinski definition) is 1. The van der Waals surface area contributed by atoms with E-state index in [0.717, 1.165) is 23.4 Å². The van der Waals surface area contributed by atoms with E-state index in [4.69, 9.17) is 15.2 Å². The molecule has 0 aliphatic carbocycles. The Morgan fingerprint density at radius 3 is 2.48 bits per heavy atom. The monoisotopic (exact) mass is 337 g/mol. The van der Waals surface area contributed by atoms with E-state index in [1.807, 2.05) is 53.2 Å². The number of nitrogens with two attached hydrogens (primary N) is 1. The van der Waals surface area contributed by atoms with Gasteiger partial charge in [-0.2, -0.15) is 5.10 Å². The molecule has 130 valence electrons. The van der Waals surface area contributed by atoms with E-state index in [1.54, 1.807) is 7.11 Å². The number of benzene rings is 2. The van der Waals surface area contributed by atoms with Gasteiger partial charge in [-0.1, -0.05) is 42.5 Å². The number of rotatable bonds is 8. The molecule has 0 unspecified atom stereocenters. The number of nitrogen functional groups attached to an aromatic ring is 1. The molecule has 5 nitrogen and oxygen atoms in total. The highest BCUT2D eigenvalue weighted by Gasteiger charge is 2.06. The van der Waals surface area contributed by atoms with Crippen molar-refractivity contribution in [3.05, 3.63) is 77.5 Å². The summed E-state index contributed by atoms with van der Waals surface area (Å²) in [5.41, 5.74) is 9.32. The van der Waals surface area contributed by atoms with Crippen LogP contribution in [0.4, 0.5) is 5.82 Å². The van der Waals surface area contributed by atoms with Gasteiger partial charge < -0.3 is 15.2 Å². The largest absolute Gasteiger partial charge is 0.497 e. The van der Waals surface area contributed by atoms with Crippen LogP contribution in [0.15, 0.2) is 60.7 Å². The number of methoxy groups -OCH3 is 1. The SMILES string of the molecule is COc1ccc(Cn2nc(CCOCc3ccccc3)cc2N)cc1. The summed E-state index contributed by atoms with van der Waals surface area (Å²) < 4.78 is 12.7. The molecule has 25 heavy (non-hydrogen) atoms. The molecule has 3 aromatic rings. The minimum Gasteiger partial charge on any atom is -0.497 e. The van der Waals surface area contributed by atoms with Crippen molar-refractivity contribution in [3.8, 4) is 5.75 Å². The molecule has 0 bridgehead atoms. The van der Waals surface area contributed by atoms with Gasteiger partial charge in [0.15, 0.2) is 0 Å². The van der Waals surface area contributed by atoms with Crippen LogP contribution in [0.25, 0.3) is 0 Å². The predicted molar refractivity (Wildman–Crippen MR) is 98.5 cm³/mol. The number of aromatic nitrogens is 2. The fourth-order valence-electron chi connectivity index (χ4n) is 2.58. The van der Waals surface area contributed by atoms with Crippen molar-refractivity contribution in [2.75, 3.05) is 19.5 Å². The van der Waals surface area contributed by atoms with Gasteiger partial charge in [-0.25, -0.2) is 4.68 Å². The Bertz CT molecular complexity index is 782. The maximum atomic E-state index is 6.08. The van der Waals surface area contributed by atoms with E-state index in [9.17, 15) is 0 Å². The first-order chi connectivity index (χ1) is 12.2. The second-order valence-corrected chi connectivity index (χ2v) is 5.85. The number of hydrogen-bond acceptors (Lipinski definition) is 4. The van der Waals surface area contributed by atoms with Crippen molar-refractivity contribution < 1.29 is 9.47 Å². The molecule has 0 fully saturated rings. The van der Waals surface area contributed by atoms with Crippen LogP contribution < -0.4 is 10.5 Å². The zero-order valence-electron chi connectivity index (χ0n) is 14.4. The van der Waals surface area contributed by atoms with Gasteiger partial charge in [0.05, 0.1) is 32.6 Å². The molecule has 5 heteroatoms. The average Bonchev–Trinajstić information content (AvgIpc) is 3.00. The van der Waals surface area contributed by atoms with Crippen LogP contribution in [0.5, 0.6) is 5.75 Å². The molecule has 3 rings (SSSR count). The van der Waals surface area contributed by atoms with E-state index in [2.05, 4.69) is 17.2 Å². The minimum absolute atomic E-state index is 0.614. The van der Waals surface area contributed by atoms with Crippen molar-refractivity contribution >= 4 is 5.82 Å². The van der Waals surface area contributed by atoms with Gasteiger partial charge in [0.2, 0.25) is 0 Å². The van der Waals surface area contributed by atoms with E-state index in [1.165, 1.54) is 5.56 Å². The predicted octanol–water partition coefficient (Wildman–Crippen LogP) is 3.28. The van der Waals surface area contributed by atoms with Gasteiger partial charge in [-0.15, -0.1) is 0 Å². The Morgan fingerprint density at radius 2 is 1.76 bits per heavy atom. The fraction of sp³-hybridized carbons (Fsp3) is 0.250. The lowest BCUT2D eigenvalue weighted by Crippen LogP contribution is -2.06. The molecule has 0 spiro atoms. The number of ether oxygens (including phenoxy) is 2. The number of nitrogens with zero attached hydrogens (tertiary/aromatic N) is 2. The lowest BCUT2D eigenvalue weighted by Gasteiger charge is -2.05. The van der Waals surface area contributed by atoms with Gasteiger partial charge in [-0.3, -0.25) is 0 Å². The summed E-state index contributed by atoms with van der Waals surface area (Å²) >= 11 is 0. The van der Waals surface area contributed by atoms with Gasteiger partial charge in [-0.05, 0) is 23.3 Å². The minimum atomic E-state index is 0.614. The summed E-state index contributed by atoms with van der Waals surface area (Å²) in [5.74, 6) is 1.50. The molecule has 0 aliphatic heterocycles. The first-order valence-electron chi connectivity index (χ1n) is 8.31. The van der Waals surface area contributed by atoms with Crippen LogP contribution in [-0.2, 0) is 24.3 Å². The number of anilines is 1. The third-order valence-corrected chi connectivity index (χ3v) is 3.97. The molecular formula is C20H23N3O2. The summed E-state index contributed by atoms with van der Waals surface area (Å²) in [4.78, 5) is 0. The molecular weight excluding hydrogens is 314 g/mol. The third-order valence-electron chi connectivity index (χ3n) is 3.97. The zero-order valence-corrected chi connectivity index (χ0v) is 14.4. The summed E-state index contributed by atoms with van der Waals surface area (Å²) in [5, 5.41) is 4.57. The standard InChI is InChI=1S/C20H23N3O2/c1-24-19-9-7-16(8-10-19)14-23-20(21)13-18(22-23)11-12-25-15-17-5-3-2-4-6-17/h2-10,13H,11-12,14-15,21H2,1H3. The maximum absolute atomic E-state index is 6.08. The summed E-state index contributed by atoms with van der Waals surface area (Å²) in [6.45, 7) is 1.87. The van der Waals surface area contributed by atoms with Crippen LogP contribution in [0, 0.1) is 0 Å². The van der Waals surface area contributed by atoms with Crippen molar-refractivity contribution in [1.82, 2.24) is 9.78 Å². The van der Waals surface area contributed by atoms with Crippen LogP contribution >= 0.6 is 0 Å². The summed E-state index contributed by atoms with van der Waals surface area (Å²) in [7, 11) is 1.66. The van der Waals surface area contributed by atoms with Gasteiger partial charge in [0, 0.05) is 12.5 Å². The quantitative estimate of drug-likeness (QED) is 0.641. The highest BCUT2D eigenvalue weighted by atomic mass is 16.5. The fourth-order valence-corrected chi connectivity index (χ4v) is 2.58. The highest BCUT2D eigenvalue weighted by molar-refractivity contribution is 5.33. The Hall–Kier alpha value is -2.79. The highest BCUT2D eigenvalue weighted by Crippen LogP contribution is 2.15. The van der Waals surface area contributed by atoms with Crippen LogP contribution in [-0.4, -0.2) is 23.5 Å². The first kappa shape index (κ1) is 17.0. The normalized spacial score (nSPS) is 10.8. The molecule has 0 aliphatic rings. The van der Waals surface area contributed by atoms with E-state index in [-0.39, 0.29) is 0 Å². The molecule has 2 N–H and O–H groups in total. The van der Waals surface area contributed by atoms with Gasteiger partial charge >= 0.3 is 0 Å². The van der Waals surface area contributed by atoms with Crippen LogP contribution in [0.1, 0.15) is 16.8 Å². The molecule has 0 saturated heterocycles. The molecule has 2 aromatic carbocycles. The molecule has 1 aromatic heterocycles. The topological polar surface area (TPSA) is 62.3 Å². The molecule has 0 saturated carbocycles. The first-order valence-corrected chi connectivity index (χ1v) is 8.31. The molecule has 1 heterocycles. The second-order valence-electron chi connectivity index (χ2n) is 5.85. The Morgan fingerprint density at radius 1 is 1.00 bits per heavy atom. The Labute approximate surface area is 148 Å². The van der Waals surface area contributed by atoms with E-state index in [0.29, 0.717) is 25.6 Å². The van der Waals surface area contributed by atoms with E-state index < -0.39 is 0 Å². The van der Waals surface area contributed by atoms with E-state index >= 15 is 0 Å². The molecule has 0 radical (unpaired) electrons. The third kappa shape index (κ3) is 4.84. The van der Waals surface area contributed by atoms with Crippen molar-refractivity contribution in [3.63, 3.8) is 0 Å². The maximum Gasteiger partial charge on any atom is 0.122 e. The van der Waals surface area contributed by atoms with Crippen molar-refractivity contribution in [2.45, 2.75) is 19.6 Å². The Balaban J connectivity index is 1.51. The van der Waals surface area contributed by atoms with Crippen molar-refractivity contribution in [2.24, 2.45) is 0 Å². The molecule has 0 atom stereocenters. The Kier molecular flexibility index (Phi) is 5.69. The van der Waals surface area contributed by atoms with Crippen LogP contribution in [0.3, 0.4) is 0 Å². The summed E-state index contributed by atoms with van der Waals surface area (Å²) in [6, 6.07) is 20.0. The second kappa shape index (κ2) is 8.35.